The second-order valence-corrected chi connectivity index (χ2v) is 7.19. The van der Waals surface area contributed by atoms with Gasteiger partial charge in [-0.05, 0) is 41.8 Å². The number of anilines is 1. The number of morpholine rings is 1. The molecule has 0 saturated carbocycles. The van der Waals surface area contributed by atoms with Gasteiger partial charge < -0.3 is 15.8 Å². The van der Waals surface area contributed by atoms with Crippen LogP contribution in [0.15, 0.2) is 53.5 Å². The molecule has 8 heteroatoms. The van der Waals surface area contributed by atoms with Gasteiger partial charge in [0.2, 0.25) is 0 Å². The smallest absolute Gasteiger partial charge is 0.379 e. The third-order valence-electron chi connectivity index (χ3n) is 5.18. The molecule has 1 fully saturated rings. The number of alkyl halides is 3. The van der Waals surface area contributed by atoms with Gasteiger partial charge in [0.25, 0.3) is 0 Å². The first-order valence-electron chi connectivity index (χ1n) is 10.0. The largest absolute Gasteiger partial charge is 0.416 e. The van der Waals surface area contributed by atoms with Crippen LogP contribution < -0.4 is 11.1 Å². The van der Waals surface area contributed by atoms with Gasteiger partial charge in [-0.2, -0.15) is 13.2 Å². The number of nitrogens with two attached hydrogens (primary N) is 1. The molecule has 3 N–H and O–H groups in total. The number of halogens is 3. The lowest BCUT2D eigenvalue weighted by Gasteiger charge is -2.34. The molecule has 0 bridgehead atoms. The average molecular weight is 420 g/mol. The fraction of sp³-hybridized carbons (Fsp3) is 0.409. The van der Waals surface area contributed by atoms with E-state index in [-0.39, 0.29) is 12.0 Å². The SMILES string of the molecule is CCc1ccc(NC(N)=NCC(c2ccc(C(F)(F)F)cc2)N2CCOCC2)cc1. The molecule has 0 aliphatic carbocycles. The topological polar surface area (TPSA) is 62.9 Å². The number of benzene rings is 2. The van der Waals surface area contributed by atoms with Crippen molar-refractivity contribution in [3.05, 3.63) is 65.2 Å². The fourth-order valence-corrected chi connectivity index (χ4v) is 3.41. The number of hydrogen-bond donors (Lipinski definition) is 2. The lowest BCUT2D eigenvalue weighted by molar-refractivity contribution is -0.137. The maximum Gasteiger partial charge on any atom is 0.416 e. The van der Waals surface area contributed by atoms with Crippen molar-refractivity contribution >= 4 is 11.6 Å². The normalized spacial score (nSPS) is 17.0. The molecular formula is C22H27F3N4O. The quantitative estimate of drug-likeness (QED) is 0.546. The molecule has 0 amide bonds. The number of ether oxygens (including phenoxy) is 1. The van der Waals surface area contributed by atoms with E-state index >= 15 is 0 Å². The van der Waals surface area contributed by atoms with Gasteiger partial charge in [-0.15, -0.1) is 0 Å². The first-order valence-corrected chi connectivity index (χ1v) is 10.0. The van der Waals surface area contributed by atoms with E-state index in [1.165, 1.54) is 17.7 Å². The van der Waals surface area contributed by atoms with Crippen LogP contribution in [0, 0.1) is 0 Å². The highest BCUT2D eigenvalue weighted by Crippen LogP contribution is 2.31. The summed E-state index contributed by atoms with van der Waals surface area (Å²) in [4.78, 5) is 6.63. The average Bonchev–Trinajstić information content (AvgIpc) is 2.75. The second-order valence-electron chi connectivity index (χ2n) is 7.19. The number of rotatable bonds is 6. The number of aryl methyl sites for hydroxylation is 1. The van der Waals surface area contributed by atoms with Gasteiger partial charge in [0.1, 0.15) is 0 Å². The van der Waals surface area contributed by atoms with Crippen LogP contribution in [-0.2, 0) is 17.3 Å². The van der Waals surface area contributed by atoms with E-state index in [1.54, 1.807) is 0 Å². The number of nitrogens with zero attached hydrogens (tertiary/aromatic N) is 2. The zero-order valence-electron chi connectivity index (χ0n) is 17.0. The van der Waals surface area contributed by atoms with Crippen LogP contribution in [0.1, 0.15) is 29.7 Å². The summed E-state index contributed by atoms with van der Waals surface area (Å²) in [6, 6.07) is 13.0. The Bertz CT molecular complexity index is 829. The lowest BCUT2D eigenvalue weighted by atomic mass is 10.0. The van der Waals surface area contributed by atoms with Crippen molar-refractivity contribution in [3.63, 3.8) is 0 Å². The molecular weight excluding hydrogens is 393 g/mol. The molecule has 1 aliphatic rings. The van der Waals surface area contributed by atoms with Crippen molar-refractivity contribution in [2.24, 2.45) is 10.7 Å². The molecule has 5 nitrogen and oxygen atoms in total. The van der Waals surface area contributed by atoms with Crippen LogP contribution in [0.2, 0.25) is 0 Å². The Balaban J connectivity index is 1.74. The van der Waals surface area contributed by atoms with Crippen LogP contribution in [0.5, 0.6) is 0 Å². The Morgan fingerprint density at radius 3 is 2.30 bits per heavy atom. The summed E-state index contributed by atoms with van der Waals surface area (Å²) < 4.78 is 44.1. The maximum atomic E-state index is 12.9. The first kappa shape index (κ1) is 22.1. The Morgan fingerprint density at radius 1 is 1.10 bits per heavy atom. The number of nitrogens with one attached hydrogen (secondary N) is 1. The number of guanidine groups is 1. The van der Waals surface area contributed by atoms with Crippen LogP contribution in [0.4, 0.5) is 18.9 Å². The molecule has 3 rings (SSSR count). The third kappa shape index (κ3) is 5.96. The summed E-state index contributed by atoms with van der Waals surface area (Å²) in [7, 11) is 0. The zero-order valence-corrected chi connectivity index (χ0v) is 17.0. The Kier molecular flexibility index (Phi) is 7.33. The van der Waals surface area contributed by atoms with Gasteiger partial charge >= 0.3 is 6.18 Å². The van der Waals surface area contributed by atoms with Gasteiger partial charge in [-0.25, -0.2) is 0 Å². The third-order valence-corrected chi connectivity index (χ3v) is 5.18. The van der Waals surface area contributed by atoms with Gasteiger partial charge in [-0.1, -0.05) is 31.2 Å². The second kappa shape index (κ2) is 9.95. The molecule has 2 aromatic rings. The highest BCUT2D eigenvalue weighted by molar-refractivity contribution is 5.92. The van der Waals surface area contributed by atoms with E-state index in [9.17, 15) is 13.2 Å². The summed E-state index contributed by atoms with van der Waals surface area (Å²) >= 11 is 0. The molecule has 0 aromatic heterocycles. The van der Waals surface area contributed by atoms with Crippen LogP contribution in [-0.4, -0.2) is 43.7 Å². The lowest BCUT2D eigenvalue weighted by Crippen LogP contribution is -2.40. The number of hydrogen-bond acceptors (Lipinski definition) is 3. The minimum absolute atomic E-state index is 0.181. The first-order chi connectivity index (χ1) is 14.4. The van der Waals surface area contributed by atoms with Crippen molar-refractivity contribution < 1.29 is 17.9 Å². The monoisotopic (exact) mass is 420 g/mol. The van der Waals surface area contributed by atoms with E-state index in [0.717, 1.165) is 29.8 Å². The van der Waals surface area contributed by atoms with Gasteiger partial charge in [0.15, 0.2) is 5.96 Å². The molecule has 2 aromatic carbocycles. The Labute approximate surface area is 174 Å². The zero-order chi connectivity index (χ0) is 21.6. The highest BCUT2D eigenvalue weighted by atomic mass is 19.4. The molecule has 30 heavy (non-hydrogen) atoms. The summed E-state index contributed by atoms with van der Waals surface area (Å²) in [6.45, 7) is 4.96. The van der Waals surface area contributed by atoms with E-state index in [2.05, 4.69) is 22.1 Å². The van der Waals surface area contributed by atoms with E-state index < -0.39 is 11.7 Å². The maximum absolute atomic E-state index is 12.9. The minimum atomic E-state index is -4.35. The van der Waals surface area contributed by atoms with Crippen molar-refractivity contribution in [2.75, 3.05) is 38.2 Å². The Hall–Kier alpha value is -2.58. The van der Waals surface area contributed by atoms with E-state index in [4.69, 9.17) is 10.5 Å². The summed E-state index contributed by atoms with van der Waals surface area (Å²) in [5.74, 6) is 0.268. The molecule has 1 unspecified atom stereocenters. The van der Waals surface area contributed by atoms with Crippen molar-refractivity contribution in [1.82, 2.24) is 4.90 Å². The van der Waals surface area contributed by atoms with Gasteiger partial charge in [-0.3, -0.25) is 9.89 Å². The molecule has 1 saturated heterocycles. The van der Waals surface area contributed by atoms with Gasteiger partial charge in [0.05, 0.1) is 31.4 Å². The van der Waals surface area contributed by atoms with E-state index in [1.807, 2.05) is 24.3 Å². The molecule has 1 aliphatic heterocycles. The molecule has 1 heterocycles. The van der Waals surface area contributed by atoms with Crippen LogP contribution in [0.3, 0.4) is 0 Å². The van der Waals surface area contributed by atoms with Gasteiger partial charge in [0, 0.05) is 18.8 Å². The van der Waals surface area contributed by atoms with Crippen molar-refractivity contribution in [3.8, 4) is 0 Å². The molecule has 0 spiro atoms. The van der Waals surface area contributed by atoms with E-state index in [0.29, 0.717) is 32.8 Å². The highest BCUT2D eigenvalue weighted by Gasteiger charge is 2.31. The summed E-state index contributed by atoms with van der Waals surface area (Å²) in [6.07, 6.45) is -3.40. The molecule has 1 atom stereocenters. The standard InChI is InChI=1S/C22H27F3N4O/c1-2-16-3-9-19(10-4-16)28-21(26)27-15-20(29-11-13-30-14-12-29)17-5-7-18(8-6-17)22(23,24)25/h3-10,20H,2,11-15H2,1H3,(H3,26,27,28). The molecule has 162 valence electrons. The van der Waals surface area contributed by atoms with Crippen molar-refractivity contribution in [2.45, 2.75) is 25.6 Å². The summed E-state index contributed by atoms with van der Waals surface area (Å²) in [5, 5.41) is 3.07. The predicted molar refractivity (Wildman–Crippen MR) is 113 cm³/mol. The van der Waals surface area contributed by atoms with Crippen LogP contribution in [0.25, 0.3) is 0 Å². The minimum Gasteiger partial charge on any atom is -0.379 e. The van der Waals surface area contributed by atoms with Crippen molar-refractivity contribution in [1.29, 1.82) is 0 Å². The Morgan fingerprint density at radius 2 is 1.73 bits per heavy atom. The van der Waals surface area contributed by atoms with Crippen LogP contribution >= 0.6 is 0 Å². The predicted octanol–water partition coefficient (Wildman–Crippen LogP) is 4.07. The fourth-order valence-electron chi connectivity index (χ4n) is 3.41. The summed E-state index contributed by atoms with van der Waals surface area (Å²) in [5.41, 5.74) is 8.24. The number of aliphatic imine (C=N–C) groups is 1. The molecule has 0 radical (unpaired) electrons.